The summed E-state index contributed by atoms with van der Waals surface area (Å²) >= 11 is 0. The molecule has 0 radical (unpaired) electrons. The van der Waals surface area contributed by atoms with Gasteiger partial charge in [0.05, 0.1) is 6.10 Å². The molecule has 0 aromatic heterocycles. The molecule has 2 N–H and O–H groups in total. The third-order valence-corrected chi connectivity index (χ3v) is 3.00. The van der Waals surface area contributed by atoms with Crippen molar-refractivity contribution in [2.75, 3.05) is 13.1 Å². The normalized spacial score (nSPS) is 39.5. The molecule has 1 fully saturated rings. The van der Waals surface area contributed by atoms with E-state index in [1.165, 1.54) is 0 Å². The molecule has 0 aromatic rings. The van der Waals surface area contributed by atoms with Crippen LogP contribution in [0.5, 0.6) is 0 Å². The van der Waals surface area contributed by atoms with Crippen LogP contribution in [0.25, 0.3) is 0 Å². The molecule has 66 valence electrons. The molecule has 2 heteroatoms. The average molecular weight is 157 g/mol. The monoisotopic (exact) mass is 157 g/mol. The lowest BCUT2D eigenvalue weighted by molar-refractivity contribution is 0.0442. The topological polar surface area (TPSA) is 32.3 Å². The van der Waals surface area contributed by atoms with E-state index in [0.29, 0.717) is 5.92 Å². The Morgan fingerprint density at radius 1 is 1.55 bits per heavy atom. The van der Waals surface area contributed by atoms with Gasteiger partial charge < -0.3 is 10.4 Å². The Hall–Kier alpha value is -0.0800. The van der Waals surface area contributed by atoms with Crippen LogP contribution in [0.3, 0.4) is 0 Å². The molecule has 1 aliphatic rings. The van der Waals surface area contributed by atoms with Crippen LogP contribution in [0, 0.1) is 11.3 Å². The van der Waals surface area contributed by atoms with Gasteiger partial charge in [0.2, 0.25) is 0 Å². The summed E-state index contributed by atoms with van der Waals surface area (Å²) in [4.78, 5) is 0. The maximum atomic E-state index is 9.43. The Morgan fingerprint density at radius 3 is 2.55 bits per heavy atom. The minimum Gasteiger partial charge on any atom is -0.392 e. The van der Waals surface area contributed by atoms with Crippen LogP contribution in [-0.2, 0) is 0 Å². The van der Waals surface area contributed by atoms with Gasteiger partial charge in [0.15, 0.2) is 0 Å². The van der Waals surface area contributed by atoms with Crippen LogP contribution < -0.4 is 5.32 Å². The Morgan fingerprint density at radius 2 is 2.18 bits per heavy atom. The van der Waals surface area contributed by atoms with Crippen molar-refractivity contribution in [2.24, 2.45) is 11.3 Å². The molecular formula is C9H19NO. The lowest BCUT2D eigenvalue weighted by Crippen LogP contribution is -2.47. The second-order valence-corrected chi connectivity index (χ2v) is 4.30. The minimum absolute atomic E-state index is 0.142. The van der Waals surface area contributed by atoms with Crippen molar-refractivity contribution in [3.8, 4) is 0 Å². The first-order chi connectivity index (χ1) is 5.04. The largest absolute Gasteiger partial charge is 0.392 e. The van der Waals surface area contributed by atoms with Gasteiger partial charge in [-0.3, -0.25) is 0 Å². The molecule has 0 aromatic carbocycles. The third kappa shape index (κ3) is 1.94. The lowest BCUT2D eigenvalue weighted by atomic mass is 9.73. The zero-order valence-electron chi connectivity index (χ0n) is 7.72. The van der Waals surface area contributed by atoms with E-state index in [1.54, 1.807) is 0 Å². The molecule has 0 aliphatic carbocycles. The summed E-state index contributed by atoms with van der Waals surface area (Å²) in [5, 5.41) is 12.7. The van der Waals surface area contributed by atoms with E-state index in [9.17, 15) is 5.11 Å². The fourth-order valence-electron chi connectivity index (χ4n) is 1.65. The van der Waals surface area contributed by atoms with Gasteiger partial charge in [0.25, 0.3) is 0 Å². The van der Waals surface area contributed by atoms with E-state index in [-0.39, 0.29) is 11.5 Å². The first kappa shape index (κ1) is 9.01. The Kier molecular flexibility index (Phi) is 2.55. The Labute approximate surface area is 69.0 Å². The van der Waals surface area contributed by atoms with E-state index >= 15 is 0 Å². The number of hydrogen-bond acceptors (Lipinski definition) is 2. The van der Waals surface area contributed by atoms with Crippen molar-refractivity contribution in [1.82, 2.24) is 5.32 Å². The molecule has 0 spiro atoms. The van der Waals surface area contributed by atoms with Crippen molar-refractivity contribution in [1.29, 1.82) is 0 Å². The van der Waals surface area contributed by atoms with Crippen molar-refractivity contribution < 1.29 is 5.11 Å². The minimum atomic E-state index is -0.142. The van der Waals surface area contributed by atoms with Gasteiger partial charge in [-0.1, -0.05) is 20.8 Å². The second kappa shape index (κ2) is 3.11. The molecule has 1 heterocycles. The zero-order valence-corrected chi connectivity index (χ0v) is 7.72. The number of rotatable bonds is 1. The number of aliphatic hydroxyl groups is 1. The first-order valence-corrected chi connectivity index (χ1v) is 4.43. The molecule has 11 heavy (non-hydrogen) atoms. The Balaban J connectivity index is 2.55. The molecule has 1 saturated heterocycles. The number of β-amino-alcohol motifs (C(OH)–C–C–N with tert-alkyl or cyclic N) is 1. The van der Waals surface area contributed by atoms with Crippen LogP contribution in [-0.4, -0.2) is 24.3 Å². The van der Waals surface area contributed by atoms with Gasteiger partial charge in [0.1, 0.15) is 0 Å². The summed E-state index contributed by atoms with van der Waals surface area (Å²) in [6.07, 6.45) is 0.800. The standard InChI is InChI=1S/C9H19NO/c1-7(2)9(3)4-8(11)5-10-6-9/h7-8,10-11H,4-6H2,1-3H3/t8-,9?/m0/s1. The quantitative estimate of drug-likeness (QED) is 0.595. The summed E-state index contributed by atoms with van der Waals surface area (Å²) in [5.74, 6) is 0.643. The molecule has 0 bridgehead atoms. The van der Waals surface area contributed by atoms with Gasteiger partial charge in [-0.15, -0.1) is 0 Å². The molecule has 1 aliphatic heterocycles. The van der Waals surface area contributed by atoms with Crippen molar-refractivity contribution in [3.05, 3.63) is 0 Å². The fourth-order valence-corrected chi connectivity index (χ4v) is 1.65. The van der Waals surface area contributed by atoms with Gasteiger partial charge in [-0.05, 0) is 17.8 Å². The van der Waals surface area contributed by atoms with Crippen LogP contribution in [0.2, 0.25) is 0 Å². The van der Waals surface area contributed by atoms with Crippen LogP contribution >= 0.6 is 0 Å². The zero-order chi connectivity index (χ0) is 8.48. The van der Waals surface area contributed by atoms with Crippen LogP contribution in [0.1, 0.15) is 27.2 Å². The third-order valence-electron chi connectivity index (χ3n) is 3.00. The molecule has 0 saturated carbocycles. The van der Waals surface area contributed by atoms with E-state index in [1.807, 2.05) is 0 Å². The summed E-state index contributed by atoms with van der Waals surface area (Å²) in [5.41, 5.74) is 0.289. The highest BCUT2D eigenvalue weighted by Gasteiger charge is 2.33. The SMILES string of the molecule is CC(C)C1(C)CNC[C@@H](O)C1. The molecule has 2 nitrogen and oxygen atoms in total. The van der Waals surface area contributed by atoms with E-state index in [2.05, 4.69) is 26.1 Å². The second-order valence-electron chi connectivity index (χ2n) is 4.30. The predicted octanol–water partition coefficient (Wildman–Crippen LogP) is 1.00. The fraction of sp³-hybridized carbons (Fsp3) is 1.00. The van der Waals surface area contributed by atoms with Crippen molar-refractivity contribution >= 4 is 0 Å². The van der Waals surface area contributed by atoms with E-state index in [4.69, 9.17) is 0 Å². The molecule has 1 rings (SSSR count). The summed E-state index contributed by atoms with van der Waals surface area (Å²) < 4.78 is 0. The number of hydrogen-bond donors (Lipinski definition) is 2. The van der Waals surface area contributed by atoms with Gasteiger partial charge in [0, 0.05) is 13.1 Å². The maximum absolute atomic E-state index is 9.43. The smallest absolute Gasteiger partial charge is 0.0670 e. The summed E-state index contributed by atoms with van der Waals surface area (Å²) in [6, 6.07) is 0. The molecular weight excluding hydrogens is 138 g/mol. The average Bonchev–Trinajstić information content (AvgIpc) is 1.86. The molecule has 2 atom stereocenters. The van der Waals surface area contributed by atoms with Crippen molar-refractivity contribution in [3.63, 3.8) is 0 Å². The number of aliphatic hydroxyl groups excluding tert-OH is 1. The number of piperidine rings is 1. The predicted molar refractivity (Wildman–Crippen MR) is 46.4 cm³/mol. The summed E-state index contributed by atoms with van der Waals surface area (Å²) in [6.45, 7) is 8.50. The lowest BCUT2D eigenvalue weighted by Gasteiger charge is -2.40. The van der Waals surface area contributed by atoms with Gasteiger partial charge in [-0.2, -0.15) is 0 Å². The molecule has 1 unspecified atom stereocenters. The highest BCUT2D eigenvalue weighted by molar-refractivity contribution is 4.87. The van der Waals surface area contributed by atoms with E-state index in [0.717, 1.165) is 19.5 Å². The van der Waals surface area contributed by atoms with E-state index < -0.39 is 0 Å². The highest BCUT2D eigenvalue weighted by Crippen LogP contribution is 2.33. The van der Waals surface area contributed by atoms with Crippen molar-refractivity contribution in [2.45, 2.75) is 33.3 Å². The van der Waals surface area contributed by atoms with Gasteiger partial charge in [-0.25, -0.2) is 0 Å². The number of nitrogens with one attached hydrogen (secondary N) is 1. The molecule has 0 amide bonds. The first-order valence-electron chi connectivity index (χ1n) is 4.43. The van der Waals surface area contributed by atoms with Gasteiger partial charge >= 0.3 is 0 Å². The highest BCUT2D eigenvalue weighted by atomic mass is 16.3. The maximum Gasteiger partial charge on any atom is 0.0670 e. The summed E-state index contributed by atoms with van der Waals surface area (Å²) in [7, 11) is 0. The van der Waals surface area contributed by atoms with Crippen LogP contribution in [0.4, 0.5) is 0 Å². The Bertz CT molecular complexity index is 136. The van der Waals surface area contributed by atoms with Crippen LogP contribution in [0.15, 0.2) is 0 Å².